The molecule has 0 bridgehead atoms. The maximum atomic E-state index is 14.1. The molecule has 0 saturated heterocycles. The molecule has 1 atom stereocenters. The van der Waals surface area contributed by atoms with E-state index < -0.39 is 16.1 Å². The van der Waals surface area contributed by atoms with Gasteiger partial charge in [-0.3, -0.25) is 13.9 Å². The van der Waals surface area contributed by atoms with Crippen molar-refractivity contribution < 1.29 is 18.0 Å². The molecule has 0 spiro atoms. The minimum Gasteiger partial charge on any atom is -0.354 e. The van der Waals surface area contributed by atoms with Crippen molar-refractivity contribution in [2.45, 2.75) is 50.6 Å². The van der Waals surface area contributed by atoms with Gasteiger partial charge in [0.1, 0.15) is 6.04 Å². The van der Waals surface area contributed by atoms with E-state index in [-0.39, 0.29) is 48.6 Å². The van der Waals surface area contributed by atoms with Crippen LogP contribution in [-0.2, 0) is 32.6 Å². The van der Waals surface area contributed by atoms with Crippen LogP contribution in [0.5, 0.6) is 0 Å². The van der Waals surface area contributed by atoms with Gasteiger partial charge in [-0.25, -0.2) is 8.42 Å². The zero-order valence-corrected chi connectivity index (χ0v) is 27.0. The lowest BCUT2D eigenvalue weighted by Gasteiger charge is -2.32. The molecule has 5 rings (SSSR count). The van der Waals surface area contributed by atoms with Gasteiger partial charge in [0.15, 0.2) is 0 Å². The molecule has 2 amide bonds. The number of nitrogens with one attached hydrogen (secondary N) is 1. The number of hydrogen-bond donors (Lipinski definition) is 1. The third kappa shape index (κ3) is 6.88. The number of carbonyl (C=O) groups excluding carboxylic acids is 2. The largest absolute Gasteiger partial charge is 0.354 e. The van der Waals surface area contributed by atoms with E-state index in [1.165, 1.54) is 4.31 Å². The third-order valence-corrected chi connectivity index (χ3v) is 10.2. The number of halogens is 2. The van der Waals surface area contributed by atoms with E-state index in [0.717, 1.165) is 10.9 Å². The van der Waals surface area contributed by atoms with Crippen LogP contribution in [-0.4, -0.2) is 44.3 Å². The number of hydrogen-bond acceptors (Lipinski definition) is 4. The minimum absolute atomic E-state index is 0.0340. The molecule has 1 aliphatic heterocycles. The fourth-order valence-corrected chi connectivity index (χ4v) is 7.74. The monoisotopic (exact) mass is 651 g/mol. The van der Waals surface area contributed by atoms with Gasteiger partial charge < -0.3 is 10.2 Å². The molecule has 0 aliphatic carbocycles. The quantitative estimate of drug-likeness (QED) is 0.182. The van der Waals surface area contributed by atoms with Gasteiger partial charge >= 0.3 is 0 Å². The van der Waals surface area contributed by atoms with Crippen LogP contribution in [0.15, 0.2) is 89.8 Å². The van der Waals surface area contributed by atoms with Crippen molar-refractivity contribution in [3.05, 3.63) is 106 Å². The lowest BCUT2D eigenvalue weighted by molar-refractivity contribution is -0.141. The van der Waals surface area contributed by atoms with Crippen LogP contribution in [0.2, 0.25) is 10.0 Å². The van der Waals surface area contributed by atoms with Crippen LogP contribution in [0.25, 0.3) is 10.8 Å². The van der Waals surface area contributed by atoms with Crippen LogP contribution in [0.1, 0.15) is 37.8 Å². The van der Waals surface area contributed by atoms with Crippen LogP contribution in [0, 0.1) is 5.92 Å². The number of amides is 2. The number of carbonyl (C=O) groups is 2. The summed E-state index contributed by atoms with van der Waals surface area (Å²) in [5.74, 6) is -0.309. The summed E-state index contributed by atoms with van der Waals surface area (Å²) in [6.45, 7) is 4.70. The molecule has 1 N–H and O–H groups in total. The van der Waals surface area contributed by atoms with Gasteiger partial charge in [0.25, 0.3) is 10.0 Å². The normalized spacial score (nSPS) is 14.2. The maximum absolute atomic E-state index is 14.1. The summed E-state index contributed by atoms with van der Waals surface area (Å²) in [5, 5.41) is 5.42. The summed E-state index contributed by atoms with van der Waals surface area (Å²) in [6, 6.07) is 24.6. The van der Waals surface area contributed by atoms with E-state index in [1.54, 1.807) is 41.3 Å². The maximum Gasteiger partial charge on any atom is 0.265 e. The Morgan fingerprint density at radius 2 is 1.66 bits per heavy atom. The zero-order valence-electron chi connectivity index (χ0n) is 24.7. The predicted molar refractivity (Wildman–Crippen MR) is 177 cm³/mol. The summed E-state index contributed by atoms with van der Waals surface area (Å²) < 4.78 is 28.3. The number of benzene rings is 4. The number of sulfonamides is 1. The van der Waals surface area contributed by atoms with Crippen molar-refractivity contribution in [1.82, 2.24) is 10.2 Å². The second-order valence-corrected chi connectivity index (χ2v) is 14.1. The van der Waals surface area contributed by atoms with Crippen molar-refractivity contribution in [2.24, 2.45) is 5.92 Å². The van der Waals surface area contributed by atoms with Gasteiger partial charge in [0.2, 0.25) is 11.8 Å². The summed E-state index contributed by atoms with van der Waals surface area (Å²) in [6.07, 6.45) is 0.602. The molecule has 0 aromatic heterocycles. The molecule has 0 unspecified atom stereocenters. The van der Waals surface area contributed by atoms with E-state index in [4.69, 9.17) is 23.2 Å². The van der Waals surface area contributed by atoms with Crippen LogP contribution < -0.4 is 9.62 Å². The average Bonchev–Trinajstić information content (AvgIpc) is 3.22. The number of rotatable bonds is 12. The topological polar surface area (TPSA) is 86.8 Å². The Hall–Kier alpha value is -3.59. The molecule has 4 aromatic rings. The molecular formula is C34H35Cl2N3O4S. The predicted octanol–water partition coefficient (Wildman–Crippen LogP) is 6.85. The molecule has 0 fully saturated rings. The van der Waals surface area contributed by atoms with Crippen LogP contribution in [0.4, 0.5) is 5.69 Å². The molecule has 0 radical (unpaired) electrons. The van der Waals surface area contributed by atoms with Gasteiger partial charge in [-0.05, 0) is 53.1 Å². The fourth-order valence-electron chi connectivity index (χ4n) is 5.53. The SMILES string of the molecule is CC(C)CNC(=O)[C@@H](Cc1ccccc1)N(Cc1ccc(Cl)cc1Cl)C(=O)CCCN1c2cccc3cccc(c23)S1(=O)=O. The Balaban J connectivity index is 1.41. The van der Waals surface area contributed by atoms with Crippen LogP contribution in [0.3, 0.4) is 0 Å². The molecule has 44 heavy (non-hydrogen) atoms. The van der Waals surface area contributed by atoms with Gasteiger partial charge in [-0.15, -0.1) is 0 Å². The number of nitrogens with zero attached hydrogens (tertiary/aromatic N) is 2. The first-order chi connectivity index (χ1) is 21.1. The van der Waals surface area contributed by atoms with Crippen molar-refractivity contribution in [1.29, 1.82) is 0 Å². The van der Waals surface area contributed by atoms with Gasteiger partial charge in [-0.2, -0.15) is 0 Å². The Kier molecular flexibility index (Phi) is 9.83. The summed E-state index contributed by atoms with van der Waals surface area (Å²) in [5.41, 5.74) is 2.18. The first-order valence-electron chi connectivity index (χ1n) is 14.7. The molecule has 230 valence electrons. The van der Waals surface area contributed by atoms with Crippen molar-refractivity contribution in [2.75, 3.05) is 17.4 Å². The van der Waals surface area contributed by atoms with E-state index >= 15 is 0 Å². The fraction of sp³-hybridized carbons (Fsp3) is 0.294. The highest BCUT2D eigenvalue weighted by Gasteiger charge is 2.36. The second-order valence-electron chi connectivity index (χ2n) is 11.4. The molecule has 1 heterocycles. The van der Waals surface area contributed by atoms with E-state index in [1.807, 2.05) is 62.4 Å². The lowest BCUT2D eigenvalue weighted by Crippen LogP contribution is -2.51. The van der Waals surface area contributed by atoms with E-state index in [9.17, 15) is 18.0 Å². The average molecular weight is 653 g/mol. The molecule has 10 heteroatoms. The Bertz CT molecular complexity index is 1780. The highest BCUT2D eigenvalue weighted by Crippen LogP contribution is 2.42. The summed E-state index contributed by atoms with van der Waals surface area (Å²) >= 11 is 12.7. The number of anilines is 1. The standard InChI is InChI=1S/C34H35Cl2N3O4S/c1-23(2)21-37-34(41)30(19-24-9-4-3-5-10-24)38(22-26-16-17-27(35)20-28(26)36)32(40)15-8-18-39-29-13-6-11-25-12-7-14-31(33(25)29)44(39,42)43/h3-7,9-14,16-17,20,23,30H,8,15,18-19,21-22H2,1-2H3,(H,37,41)/t30-/m1/s1. The third-order valence-electron chi connectivity index (χ3n) is 7.74. The van der Waals surface area contributed by atoms with Crippen molar-refractivity contribution in [3.8, 4) is 0 Å². The van der Waals surface area contributed by atoms with Gasteiger partial charge in [0, 0.05) is 47.9 Å². The minimum atomic E-state index is -3.75. The molecule has 7 nitrogen and oxygen atoms in total. The smallest absolute Gasteiger partial charge is 0.265 e. The van der Waals surface area contributed by atoms with Gasteiger partial charge in [-0.1, -0.05) is 97.7 Å². The van der Waals surface area contributed by atoms with Crippen LogP contribution >= 0.6 is 23.2 Å². The first kappa shape index (κ1) is 31.8. The zero-order chi connectivity index (χ0) is 31.4. The van der Waals surface area contributed by atoms with Crippen molar-refractivity contribution >= 4 is 61.5 Å². The lowest BCUT2D eigenvalue weighted by atomic mass is 10.0. The Morgan fingerprint density at radius 3 is 2.36 bits per heavy atom. The summed E-state index contributed by atoms with van der Waals surface area (Å²) in [4.78, 5) is 29.6. The van der Waals surface area contributed by atoms with Gasteiger partial charge in [0.05, 0.1) is 10.6 Å². The highest BCUT2D eigenvalue weighted by molar-refractivity contribution is 7.93. The van der Waals surface area contributed by atoms with E-state index in [0.29, 0.717) is 39.6 Å². The molecule has 0 saturated carbocycles. The second kappa shape index (κ2) is 13.6. The Labute approximate surface area is 268 Å². The summed E-state index contributed by atoms with van der Waals surface area (Å²) in [7, 11) is -3.75. The van der Waals surface area contributed by atoms with Crippen molar-refractivity contribution in [3.63, 3.8) is 0 Å². The molecular weight excluding hydrogens is 617 g/mol. The molecule has 1 aliphatic rings. The Morgan fingerprint density at radius 1 is 0.932 bits per heavy atom. The first-order valence-corrected chi connectivity index (χ1v) is 16.9. The molecule has 4 aromatic carbocycles. The van der Waals surface area contributed by atoms with E-state index in [2.05, 4.69) is 5.32 Å². The highest BCUT2D eigenvalue weighted by atomic mass is 35.5.